The Labute approximate surface area is 179 Å². The molecule has 1 N–H and O–H groups in total. The summed E-state index contributed by atoms with van der Waals surface area (Å²) in [7, 11) is 0. The molecule has 29 heavy (non-hydrogen) atoms. The first-order chi connectivity index (χ1) is 14.1. The van der Waals surface area contributed by atoms with E-state index in [0.717, 1.165) is 10.6 Å². The molecule has 0 aliphatic carbocycles. The molecule has 4 rings (SSSR count). The van der Waals surface area contributed by atoms with Crippen LogP contribution in [0.1, 0.15) is 16.3 Å². The van der Waals surface area contributed by atoms with Crippen LogP contribution < -0.4 is 5.32 Å². The molecule has 4 aromatic rings. The molecule has 1 amide bonds. The average molecular weight is 445 g/mol. The number of nitrogens with zero attached hydrogens (tertiary/aromatic N) is 3. The van der Waals surface area contributed by atoms with Crippen LogP contribution in [0.2, 0.25) is 5.02 Å². The summed E-state index contributed by atoms with van der Waals surface area (Å²) in [6, 6.07) is 13.9. The van der Waals surface area contributed by atoms with Gasteiger partial charge in [0.15, 0.2) is 0 Å². The fraction of sp³-hybridized carbons (Fsp3) is 0.100. The largest absolute Gasteiger partial charge is 0.300 e. The zero-order valence-electron chi connectivity index (χ0n) is 14.9. The minimum atomic E-state index is -0.284. The van der Waals surface area contributed by atoms with Crippen LogP contribution >= 0.6 is 34.3 Å². The van der Waals surface area contributed by atoms with Crippen LogP contribution in [0.15, 0.2) is 53.9 Å². The number of anilines is 1. The highest BCUT2D eigenvalue weighted by molar-refractivity contribution is 7.15. The van der Waals surface area contributed by atoms with Crippen molar-refractivity contribution in [3.63, 3.8) is 0 Å². The summed E-state index contributed by atoms with van der Waals surface area (Å²) < 4.78 is 13.8. The SMILES string of the molecule is O=C(Cc1csc(-c2ccc(Cl)cc2)n1)Nc1nnc(Cc2ccccc2F)s1. The van der Waals surface area contributed by atoms with Gasteiger partial charge in [0.1, 0.15) is 15.8 Å². The van der Waals surface area contributed by atoms with E-state index >= 15 is 0 Å². The van der Waals surface area contributed by atoms with E-state index in [1.54, 1.807) is 30.3 Å². The maximum Gasteiger partial charge on any atom is 0.232 e. The Morgan fingerprint density at radius 3 is 2.69 bits per heavy atom. The Hall–Kier alpha value is -2.68. The summed E-state index contributed by atoms with van der Waals surface area (Å²) in [5.41, 5.74) is 2.17. The Bertz CT molecular complexity index is 1140. The molecule has 0 aliphatic rings. The third kappa shape index (κ3) is 5.03. The number of thiazole rings is 1. The highest BCUT2D eigenvalue weighted by atomic mass is 35.5. The standard InChI is InChI=1S/C20H14ClFN4OS2/c21-14-7-5-12(6-8-14)19-23-15(11-28-19)10-17(27)24-20-26-25-18(29-20)9-13-3-1-2-4-16(13)22/h1-8,11H,9-10H2,(H,24,26,27). The van der Waals surface area contributed by atoms with Gasteiger partial charge in [-0.2, -0.15) is 0 Å². The van der Waals surface area contributed by atoms with Crippen LogP contribution in [-0.4, -0.2) is 21.1 Å². The van der Waals surface area contributed by atoms with Gasteiger partial charge in [0.05, 0.1) is 12.1 Å². The molecule has 2 aromatic carbocycles. The van der Waals surface area contributed by atoms with Crippen molar-refractivity contribution in [1.82, 2.24) is 15.2 Å². The fourth-order valence-electron chi connectivity index (χ4n) is 2.62. The predicted octanol–water partition coefficient (Wildman–Crippen LogP) is 5.23. The van der Waals surface area contributed by atoms with Gasteiger partial charge >= 0.3 is 0 Å². The maximum atomic E-state index is 13.8. The lowest BCUT2D eigenvalue weighted by Gasteiger charge is -1.99. The van der Waals surface area contributed by atoms with Crippen molar-refractivity contribution in [3.05, 3.63) is 81.0 Å². The lowest BCUT2D eigenvalue weighted by Crippen LogP contribution is -2.14. The number of hydrogen-bond acceptors (Lipinski definition) is 6. The maximum absolute atomic E-state index is 13.8. The van der Waals surface area contributed by atoms with Crippen molar-refractivity contribution in [2.45, 2.75) is 12.8 Å². The number of nitrogens with one attached hydrogen (secondary N) is 1. The van der Waals surface area contributed by atoms with Gasteiger partial charge in [0.25, 0.3) is 0 Å². The molecule has 0 saturated heterocycles. The summed E-state index contributed by atoms with van der Waals surface area (Å²) in [4.78, 5) is 16.8. The van der Waals surface area contributed by atoms with Crippen molar-refractivity contribution >= 4 is 45.3 Å². The molecule has 2 heterocycles. The number of rotatable bonds is 6. The van der Waals surface area contributed by atoms with Crippen LogP contribution in [0.3, 0.4) is 0 Å². The first-order valence-corrected chi connectivity index (χ1v) is 10.7. The monoisotopic (exact) mass is 444 g/mol. The first kappa shape index (κ1) is 19.6. The summed E-state index contributed by atoms with van der Waals surface area (Å²) in [5.74, 6) is -0.514. The van der Waals surface area contributed by atoms with E-state index in [9.17, 15) is 9.18 Å². The lowest BCUT2D eigenvalue weighted by atomic mass is 10.1. The average Bonchev–Trinajstić information content (AvgIpc) is 3.34. The van der Waals surface area contributed by atoms with Gasteiger partial charge in [0.2, 0.25) is 11.0 Å². The number of benzene rings is 2. The Balaban J connectivity index is 1.36. The highest BCUT2D eigenvalue weighted by Gasteiger charge is 2.13. The van der Waals surface area contributed by atoms with Crippen molar-refractivity contribution < 1.29 is 9.18 Å². The number of carbonyl (C=O) groups excluding carboxylic acids is 1. The van der Waals surface area contributed by atoms with Crippen molar-refractivity contribution in [2.75, 3.05) is 5.32 Å². The van der Waals surface area contributed by atoms with Crippen molar-refractivity contribution in [3.8, 4) is 10.6 Å². The molecule has 5 nitrogen and oxygen atoms in total. The van der Waals surface area contributed by atoms with E-state index in [1.807, 2.05) is 17.5 Å². The summed E-state index contributed by atoms with van der Waals surface area (Å²) in [6.07, 6.45) is 0.461. The van der Waals surface area contributed by atoms with E-state index in [2.05, 4.69) is 20.5 Å². The molecule has 0 unspecified atom stereocenters. The summed E-state index contributed by atoms with van der Waals surface area (Å²) in [6.45, 7) is 0. The molecule has 0 spiro atoms. The highest BCUT2D eigenvalue weighted by Crippen LogP contribution is 2.25. The van der Waals surface area contributed by atoms with Crippen LogP contribution in [0.5, 0.6) is 0 Å². The van der Waals surface area contributed by atoms with E-state index in [4.69, 9.17) is 11.6 Å². The molecular formula is C20H14ClFN4OS2. The van der Waals surface area contributed by atoms with Crippen LogP contribution in [0.4, 0.5) is 9.52 Å². The van der Waals surface area contributed by atoms with E-state index < -0.39 is 0 Å². The molecule has 0 aliphatic heterocycles. The molecule has 0 saturated carbocycles. The lowest BCUT2D eigenvalue weighted by molar-refractivity contribution is -0.115. The van der Waals surface area contributed by atoms with Crippen LogP contribution in [0, 0.1) is 5.82 Å². The molecule has 2 aromatic heterocycles. The third-order valence-corrected chi connectivity index (χ3v) is 6.03. The molecule has 0 fully saturated rings. The minimum absolute atomic E-state index is 0.131. The van der Waals surface area contributed by atoms with Gasteiger partial charge in [-0.05, 0) is 23.8 Å². The van der Waals surface area contributed by atoms with Crippen LogP contribution in [-0.2, 0) is 17.6 Å². The van der Waals surface area contributed by atoms with Gasteiger partial charge in [-0.1, -0.05) is 53.3 Å². The second-order valence-electron chi connectivity index (χ2n) is 6.14. The number of halogens is 2. The molecule has 0 atom stereocenters. The predicted molar refractivity (Wildman–Crippen MR) is 114 cm³/mol. The summed E-state index contributed by atoms with van der Waals surface area (Å²) >= 11 is 8.60. The number of amides is 1. The van der Waals surface area contributed by atoms with E-state index in [1.165, 1.54) is 28.7 Å². The number of carbonyl (C=O) groups is 1. The normalized spacial score (nSPS) is 10.8. The number of aromatic nitrogens is 3. The summed E-state index contributed by atoms with van der Waals surface area (Å²) in [5, 5.41) is 15.1. The van der Waals surface area contributed by atoms with Gasteiger partial charge in [-0.25, -0.2) is 9.37 Å². The minimum Gasteiger partial charge on any atom is -0.300 e. The Kier molecular flexibility index (Phi) is 5.94. The first-order valence-electron chi connectivity index (χ1n) is 8.63. The van der Waals surface area contributed by atoms with Crippen molar-refractivity contribution in [2.24, 2.45) is 0 Å². The smallest absolute Gasteiger partial charge is 0.232 e. The van der Waals surface area contributed by atoms with Gasteiger partial charge < -0.3 is 5.32 Å². The van der Waals surface area contributed by atoms with Crippen LogP contribution in [0.25, 0.3) is 10.6 Å². The topological polar surface area (TPSA) is 67.8 Å². The van der Waals surface area contributed by atoms with Crippen molar-refractivity contribution in [1.29, 1.82) is 0 Å². The molecule has 0 bridgehead atoms. The molecule has 0 radical (unpaired) electrons. The quantitative estimate of drug-likeness (QED) is 0.442. The second kappa shape index (κ2) is 8.77. The second-order valence-corrected chi connectivity index (χ2v) is 8.50. The fourth-order valence-corrected chi connectivity index (χ4v) is 4.35. The zero-order chi connectivity index (χ0) is 20.2. The van der Waals surface area contributed by atoms with Gasteiger partial charge in [0, 0.05) is 22.4 Å². The molecule has 9 heteroatoms. The van der Waals surface area contributed by atoms with E-state index in [-0.39, 0.29) is 18.1 Å². The van der Waals surface area contributed by atoms with Gasteiger partial charge in [-0.15, -0.1) is 21.5 Å². The third-order valence-electron chi connectivity index (χ3n) is 4.00. The zero-order valence-corrected chi connectivity index (χ0v) is 17.3. The Morgan fingerprint density at radius 2 is 1.90 bits per heavy atom. The van der Waals surface area contributed by atoms with E-state index in [0.29, 0.717) is 32.8 Å². The molecule has 146 valence electrons. The van der Waals surface area contributed by atoms with Gasteiger partial charge in [-0.3, -0.25) is 4.79 Å². The Morgan fingerprint density at radius 1 is 1.10 bits per heavy atom. The molecular weight excluding hydrogens is 431 g/mol. The number of hydrogen-bond donors (Lipinski definition) is 1.